The molecule has 0 saturated carbocycles. The van der Waals surface area contributed by atoms with Crippen LogP contribution in [0.25, 0.3) is 0 Å². The van der Waals surface area contributed by atoms with Crippen molar-refractivity contribution < 1.29 is 18.7 Å². The normalized spacial score (nSPS) is 14.3. The molecule has 2 heterocycles. The Labute approximate surface area is 181 Å². The van der Waals surface area contributed by atoms with Gasteiger partial charge in [0.1, 0.15) is 11.5 Å². The predicted octanol–water partition coefficient (Wildman–Crippen LogP) is 4.44. The molecular formula is C22H18BrN3O4. The topological polar surface area (TPSA) is 93.8 Å². The van der Waals surface area contributed by atoms with Gasteiger partial charge < -0.3 is 9.15 Å². The maximum absolute atomic E-state index is 12.6. The minimum Gasteiger partial charge on any atom is -0.453 e. The third kappa shape index (κ3) is 4.18. The van der Waals surface area contributed by atoms with Crippen molar-refractivity contribution in [3.63, 3.8) is 0 Å². The maximum Gasteiger partial charge on any atom is 0.379 e. The molecule has 4 rings (SSSR count). The summed E-state index contributed by atoms with van der Waals surface area (Å²) in [5.74, 6) is 0.255. The lowest BCUT2D eigenvalue weighted by Crippen LogP contribution is -2.22. The summed E-state index contributed by atoms with van der Waals surface area (Å²) in [5.41, 5.74) is 5.20. The third-order valence-electron chi connectivity index (χ3n) is 4.75. The monoisotopic (exact) mass is 467 g/mol. The van der Waals surface area contributed by atoms with E-state index >= 15 is 0 Å². The Morgan fingerprint density at radius 2 is 2.00 bits per heavy atom. The van der Waals surface area contributed by atoms with E-state index < -0.39 is 5.97 Å². The third-order valence-corrected chi connectivity index (χ3v) is 5.28. The first-order valence-electron chi connectivity index (χ1n) is 9.40. The lowest BCUT2D eigenvalue weighted by atomic mass is 9.93. The van der Waals surface area contributed by atoms with Crippen molar-refractivity contribution >= 4 is 33.5 Å². The molecule has 0 radical (unpaired) electrons. The van der Waals surface area contributed by atoms with Crippen molar-refractivity contribution in [3.05, 3.63) is 81.5 Å². The average Bonchev–Trinajstić information content (AvgIpc) is 3.10. The molecular weight excluding hydrogens is 450 g/mol. The molecule has 0 fully saturated rings. The lowest BCUT2D eigenvalue weighted by molar-refractivity contribution is 0.0697. The van der Waals surface area contributed by atoms with E-state index in [-0.39, 0.29) is 11.7 Å². The number of hydrogen-bond donors (Lipinski definition) is 1. The van der Waals surface area contributed by atoms with Gasteiger partial charge in [-0.3, -0.25) is 9.78 Å². The van der Waals surface area contributed by atoms with E-state index in [4.69, 9.17) is 9.15 Å². The van der Waals surface area contributed by atoms with Crippen LogP contribution < -0.4 is 10.2 Å². The molecule has 1 aliphatic carbocycles. The van der Waals surface area contributed by atoms with E-state index in [0.717, 1.165) is 16.5 Å². The van der Waals surface area contributed by atoms with E-state index in [2.05, 4.69) is 31.4 Å². The smallest absolute Gasteiger partial charge is 0.379 e. The van der Waals surface area contributed by atoms with Crippen molar-refractivity contribution in [1.82, 2.24) is 10.4 Å². The number of aromatic nitrogens is 1. The van der Waals surface area contributed by atoms with Crippen LogP contribution in [0.4, 0.5) is 0 Å². The second kappa shape index (κ2) is 8.62. The van der Waals surface area contributed by atoms with Crippen LogP contribution in [-0.4, -0.2) is 22.6 Å². The van der Waals surface area contributed by atoms with Gasteiger partial charge in [-0.15, -0.1) is 0 Å². The molecule has 30 heavy (non-hydrogen) atoms. The van der Waals surface area contributed by atoms with Crippen LogP contribution >= 0.6 is 15.9 Å². The highest BCUT2D eigenvalue weighted by Crippen LogP contribution is 2.30. The van der Waals surface area contributed by atoms with Gasteiger partial charge in [0.15, 0.2) is 0 Å². The summed E-state index contributed by atoms with van der Waals surface area (Å²) in [7, 11) is 0. The molecule has 1 aliphatic rings. The van der Waals surface area contributed by atoms with Crippen LogP contribution in [-0.2, 0) is 6.42 Å². The molecule has 3 aromatic rings. The number of ether oxygens (including phenoxy) is 1. The summed E-state index contributed by atoms with van der Waals surface area (Å²) in [4.78, 5) is 28.9. The number of hydrogen-bond acceptors (Lipinski definition) is 6. The molecule has 0 bridgehead atoms. The van der Waals surface area contributed by atoms with E-state index in [1.807, 2.05) is 0 Å². The number of furan rings is 1. The maximum atomic E-state index is 12.6. The number of benzene rings is 1. The number of nitrogens with zero attached hydrogens (tertiary/aromatic N) is 2. The molecule has 0 atom stereocenters. The van der Waals surface area contributed by atoms with Gasteiger partial charge >= 0.3 is 5.97 Å². The summed E-state index contributed by atoms with van der Waals surface area (Å²) >= 11 is 3.35. The number of halogens is 1. The molecule has 7 nitrogen and oxygen atoms in total. The van der Waals surface area contributed by atoms with E-state index in [1.165, 1.54) is 6.20 Å². The summed E-state index contributed by atoms with van der Waals surface area (Å²) in [5, 5.41) is 4.32. The number of fused-ring (bicyclic) bond motifs is 1. The fourth-order valence-electron chi connectivity index (χ4n) is 3.32. The van der Waals surface area contributed by atoms with E-state index in [9.17, 15) is 9.59 Å². The second-order valence-corrected chi connectivity index (χ2v) is 7.71. The van der Waals surface area contributed by atoms with Gasteiger partial charge in [0.05, 0.1) is 11.9 Å². The number of hydrazone groups is 1. The van der Waals surface area contributed by atoms with Gasteiger partial charge in [-0.2, -0.15) is 5.10 Å². The summed E-state index contributed by atoms with van der Waals surface area (Å²) in [6.45, 7) is 1.79. The van der Waals surface area contributed by atoms with Crippen molar-refractivity contribution in [1.29, 1.82) is 0 Å². The molecule has 0 saturated heterocycles. The summed E-state index contributed by atoms with van der Waals surface area (Å²) in [6.07, 6.45) is 5.23. The highest BCUT2D eigenvalue weighted by Gasteiger charge is 2.29. The molecule has 8 heteroatoms. The van der Waals surface area contributed by atoms with Crippen molar-refractivity contribution in [2.75, 3.05) is 0 Å². The first kappa shape index (κ1) is 20.0. The molecule has 0 aliphatic heterocycles. The van der Waals surface area contributed by atoms with Crippen LogP contribution in [0.15, 0.2) is 62.8 Å². The molecule has 152 valence electrons. The van der Waals surface area contributed by atoms with Crippen LogP contribution in [0.1, 0.15) is 50.6 Å². The number of carbonyl (C=O) groups excluding carboxylic acids is 2. The number of carbonyl (C=O) groups is 2. The largest absolute Gasteiger partial charge is 0.453 e. The molecule has 0 spiro atoms. The van der Waals surface area contributed by atoms with Gasteiger partial charge in [-0.05, 0) is 56.2 Å². The second-order valence-electron chi connectivity index (χ2n) is 6.79. The van der Waals surface area contributed by atoms with Crippen LogP contribution in [0, 0.1) is 6.92 Å². The molecule has 0 unspecified atom stereocenters. The average molecular weight is 468 g/mol. The first-order valence-corrected chi connectivity index (χ1v) is 10.2. The Bertz CT molecular complexity index is 1120. The fraction of sp³-hybridized carbons (Fsp3) is 0.182. The Morgan fingerprint density at radius 1 is 1.20 bits per heavy atom. The number of amides is 1. The van der Waals surface area contributed by atoms with Gasteiger partial charge in [0, 0.05) is 33.8 Å². The molecule has 2 aromatic heterocycles. The standard InChI is InChI=1S/C22H18BrN3O4/c1-13-19-17(25-26-21(27)14-7-9-15(23)10-8-14)5-2-6-18(19)30-20(13)22(28)29-16-4-3-11-24-12-16/h3-4,7-12H,2,5-6H2,1H3,(H,26,27)/b25-17+. The number of nitrogens with one attached hydrogen (secondary N) is 1. The van der Waals surface area contributed by atoms with Gasteiger partial charge in [0.2, 0.25) is 5.76 Å². The summed E-state index contributed by atoms with van der Waals surface area (Å²) in [6, 6.07) is 10.3. The number of esters is 1. The SMILES string of the molecule is Cc1c(C(=O)Oc2cccnc2)oc2c1/C(=N/NC(=O)c1ccc(Br)cc1)CCC2. The number of rotatable bonds is 4. The zero-order chi connectivity index (χ0) is 21.1. The lowest BCUT2D eigenvalue weighted by Gasteiger charge is -2.13. The minimum absolute atomic E-state index is 0.137. The Balaban J connectivity index is 1.56. The number of pyridine rings is 1. The van der Waals surface area contributed by atoms with Gasteiger partial charge in [-0.1, -0.05) is 15.9 Å². The minimum atomic E-state index is -0.590. The van der Waals surface area contributed by atoms with E-state index in [1.54, 1.807) is 49.5 Å². The van der Waals surface area contributed by atoms with E-state index in [0.29, 0.717) is 41.2 Å². The van der Waals surface area contributed by atoms with Crippen LogP contribution in [0.2, 0.25) is 0 Å². The highest BCUT2D eigenvalue weighted by atomic mass is 79.9. The fourth-order valence-corrected chi connectivity index (χ4v) is 3.58. The van der Waals surface area contributed by atoms with Crippen molar-refractivity contribution in [2.24, 2.45) is 5.10 Å². The van der Waals surface area contributed by atoms with Crippen molar-refractivity contribution in [3.8, 4) is 5.75 Å². The Kier molecular flexibility index (Phi) is 5.76. The zero-order valence-corrected chi connectivity index (χ0v) is 17.7. The van der Waals surface area contributed by atoms with Crippen molar-refractivity contribution in [2.45, 2.75) is 26.2 Å². The molecule has 1 N–H and O–H groups in total. The number of aryl methyl sites for hydroxylation is 1. The zero-order valence-electron chi connectivity index (χ0n) is 16.1. The van der Waals surface area contributed by atoms with Crippen LogP contribution in [0.3, 0.4) is 0 Å². The summed E-state index contributed by atoms with van der Waals surface area (Å²) < 4.78 is 12.1. The molecule has 1 amide bonds. The quantitative estimate of drug-likeness (QED) is 0.452. The Hall–Kier alpha value is -3.26. The van der Waals surface area contributed by atoms with Gasteiger partial charge in [-0.25, -0.2) is 10.2 Å². The van der Waals surface area contributed by atoms with Crippen LogP contribution in [0.5, 0.6) is 5.75 Å². The Morgan fingerprint density at radius 3 is 2.73 bits per heavy atom. The van der Waals surface area contributed by atoms with Gasteiger partial charge in [0.25, 0.3) is 5.91 Å². The predicted molar refractivity (Wildman–Crippen MR) is 114 cm³/mol. The molecule has 1 aromatic carbocycles. The highest BCUT2D eigenvalue weighted by molar-refractivity contribution is 9.10. The first-order chi connectivity index (χ1) is 14.5.